The van der Waals surface area contributed by atoms with Crippen LogP contribution >= 0.6 is 11.8 Å². The normalized spacial score (nSPS) is 16.9. The summed E-state index contributed by atoms with van der Waals surface area (Å²) >= 11 is 1.70. The molecule has 2 N–H and O–H groups in total. The summed E-state index contributed by atoms with van der Waals surface area (Å²) in [5, 5.41) is 0. The van der Waals surface area contributed by atoms with Crippen LogP contribution in [-0.2, 0) is 4.79 Å². The van der Waals surface area contributed by atoms with Gasteiger partial charge in [0.25, 0.3) is 0 Å². The molecule has 0 radical (unpaired) electrons. The quantitative estimate of drug-likeness (QED) is 0.855. The Hall–Kier alpha value is -2.01. The smallest absolute Gasteiger partial charge is 0.225 e. The summed E-state index contributed by atoms with van der Waals surface area (Å²) in [5.41, 5.74) is 7.65. The highest BCUT2D eigenvalue weighted by molar-refractivity contribution is 7.99. The second-order valence-electron chi connectivity index (χ2n) is 5.59. The monoisotopic (exact) mass is 330 g/mol. The Balaban J connectivity index is 1.65. The van der Waals surface area contributed by atoms with Crippen molar-refractivity contribution in [1.82, 2.24) is 0 Å². The number of thioether (sulfide) groups is 1. The maximum atomic E-state index is 12.9. The Kier molecular flexibility index (Phi) is 4.86. The van der Waals surface area contributed by atoms with E-state index in [1.165, 1.54) is 12.1 Å². The molecule has 1 unspecified atom stereocenters. The van der Waals surface area contributed by atoms with E-state index < -0.39 is 0 Å². The van der Waals surface area contributed by atoms with Gasteiger partial charge in [0, 0.05) is 29.4 Å². The van der Waals surface area contributed by atoms with Crippen molar-refractivity contribution < 1.29 is 9.18 Å². The van der Waals surface area contributed by atoms with E-state index in [-0.39, 0.29) is 17.6 Å². The molecule has 0 aliphatic carbocycles. The van der Waals surface area contributed by atoms with Gasteiger partial charge in [0.05, 0.1) is 5.92 Å². The van der Waals surface area contributed by atoms with Crippen molar-refractivity contribution in [2.75, 3.05) is 23.7 Å². The SMILES string of the molecule is NC(=O)C1CCN(CCSc2ccc(F)cc2)c2ccccc21. The zero-order valence-electron chi connectivity index (χ0n) is 12.7. The molecular weight excluding hydrogens is 311 g/mol. The third-order valence-corrected chi connectivity index (χ3v) is 5.12. The van der Waals surface area contributed by atoms with Crippen molar-refractivity contribution in [3.63, 3.8) is 0 Å². The first-order valence-electron chi connectivity index (χ1n) is 7.66. The van der Waals surface area contributed by atoms with Gasteiger partial charge in [-0.1, -0.05) is 18.2 Å². The Morgan fingerprint density at radius 1 is 1.22 bits per heavy atom. The van der Waals surface area contributed by atoms with Crippen LogP contribution in [-0.4, -0.2) is 24.7 Å². The van der Waals surface area contributed by atoms with Crippen LogP contribution in [0.15, 0.2) is 53.4 Å². The molecule has 0 spiro atoms. The number of para-hydroxylation sites is 1. The number of primary amides is 1. The first kappa shape index (κ1) is 15.9. The predicted octanol–water partition coefficient (Wildman–Crippen LogP) is 3.40. The van der Waals surface area contributed by atoms with Gasteiger partial charge in [0.2, 0.25) is 5.91 Å². The van der Waals surface area contributed by atoms with E-state index in [0.717, 1.165) is 41.4 Å². The van der Waals surface area contributed by atoms with E-state index in [1.807, 2.05) is 24.3 Å². The molecule has 0 fully saturated rings. The molecule has 1 atom stereocenters. The number of rotatable bonds is 5. The number of fused-ring (bicyclic) bond motifs is 1. The Labute approximate surface area is 139 Å². The topological polar surface area (TPSA) is 46.3 Å². The zero-order valence-corrected chi connectivity index (χ0v) is 13.6. The lowest BCUT2D eigenvalue weighted by molar-refractivity contribution is -0.119. The minimum absolute atomic E-state index is 0.188. The van der Waals surface area contributed by atoms with E-state index >= 15 is 0 Å². The average Bonchev–Trinajstić information content (AvgIpc) is 2.56. The molecule has 3 nitrogen and oxygen atoms in total. The fourth-order valence-electron chi connectivity index (χ4n) is 2.96. The zero-order chi connectivity index (χ0) is 16.2. The minimum atomic E-state index is -0.252. The third kappa shape index (κ3) is 3.67. The molecule has 1 heterocycles. The summed E-state index contributed by atoms with van der Waals surface area (Å²) in [6.45, 7) is 1.71. The van der Waals surface area contributed by atoms with Gasteiger partial charge in [-0.25, -0.2) is 4.39 Å². The van der Waals surface area contributed by atoms with Crippen molar-refractivity contribution >= 4 is 23.4 Å². The number of nitrogens with zero attached hydrogens (tertiary/aromatic N) is 1. The van der Waals surface area contributed by atoms with E-state index in [9.17, 15) is 9.18 Å². The molecule has 0 saturated carbocycles. The maximum absolute atomic E-state index is 12.9. The highest BCUT2D eigenvalue weighted by Crippen LogP contribution is 2.35. The van der Waals surface area contributed by atoms with Crippen LogP contribution in [0.25, 0.3) is 0 Å². The number of amides is 1. The number of nitrogens with two attached hydrogens (primary N) is 1. The van der Waals surface area contributed by atoms with Gasteiger partial charge in [-0.15, -0.1) is 11.8 Å². The van der Waals surface area contributed by atoms with E-state index in [1.54, 1.807) is 23.9 Å². The molecule has 1 aliphatic heterocycles. The van der Waals surface area contributed by atoms with Crippen LogP contribution in [0.4, 0.5) is 10.1 Å². The number of benzene rings is 2. The third-order valence-electron chi connectivity index (χ3n) is 4.13. The second-order valence-corrected chi connectivity index (χ2v) is 6.76. The molecule has 1 amide bonds. The van der Waals surface area contributed by atoms with Gasteiger partial charge < -0.3 is 10.6 Å². The van der Waals surface area contributed by atoms with Gasteiger partial charge in [0.15, 0.2) is 0 Å². The maximum Gasteiger partial charge on any atom is 0.225 e. The standard InChI is InChI=1S/C18H19FN2OS/c19-13-5-7-14(8-6-13)23-12-11-21-10-9-16(18(20)22)15-3-1-2-4-17(15)21/h1-8,16H,9-12H2,(H2,20,22). The largest absolute Gasteiger partial charge is 0.370 e. The van der Waals surface area contributed by atoms with Crippen molar-refractivity contribution in [3.05, 3.63) is 59.9 Å². The molecule has 2 aromatic carbocycles. The van der Waals surface area contributed by atoms with Crippen molar-refractivity contribution in [3.8, 4) is 0 Å². The van der Waals surface area contributed by atoms with E-state index in [4.69, 9.17) is 5.73 Å². The summed E-state index contributed by atoms with van der Waals surface area (Å²) in [6.07, 6.45) is 0.758. The minimum Gasteiger partial charge on any atom is -0.370 e. The molecule has 2 aromatic rings. The summed E-state index contributed by atoms with van der Waals surface area (Å²) in [5.74, 6) is 0.253. The van der Waals surface area contributed by atoms with Crippen molar-refractivity contribution in [1.29, 1.82) is 0 Å². The number of hydrogen-bond donors (Lipinski definition) is 1. The first-order chi connectivity index (χ1) is 11.1. The summed E-state index contributed by atoms with van der Waals surface area (Å²) in [4.78, 5) is 15.0. The number of halogens is 1. The van der Waals surface area contributed by atoms with Crippen molar-refractivity contribution in [2.45, 2.75) is 17.2 Å². The van der Waals surface area contributed by atoms with Crippen LogP contribution in [0.1, 0.15) is 17.9 Å². The van der Waals surface area contributed by atoms with E-state index in [2.05, 4.69) is 4.90 Å². The summed E-state index contributed by atoms with van der Waals surface area (Å²) in [7, 11) is 0. The molecule has 0 saturated heterocycles. The number of carbonyl (C=O) groups is 1. The van der Waals surface area contributed by atoms with Crippen LogP contribution in [0.5, 0.6) is 0 Å². The van der Waals surface area contributed by atoms with Gasteiger partial charge >= 0.3 is 0 Å². The van der Waals surface area contributed by atoms with Crippen LogP contribution in [0.2, 0.25) is 0 Å². The average molecular weight is 330 g/mol. The Bertz CT molecular complexity index is 690. The van der Waals surface area contributed by atoms with Gasteiger partial charge in [0.1, 0.15) is 5.82 Å². The highest BCUT2D eigenvalue weighted by atomic mass is 32.2. The number of hydrogen-bond acceptors (Lipinski definition) is 3. The molecule has 0 aromatic heterocycles. The number of carbonyl (C=O) groups excluding carboxylic acids is 1. The highest BCUT2D eigenvalue weighted by Gasteiger charge is 2.27. The van der Waals surface area contributed by atoms with Gasteiger partial charge in [-0.3, -0.25) is 4.79 Å². The van der Waals surface area contributed by atoms with Gasteiger partial charge in [-0.2, -0.15) is 0 Å². The Morgan fingerprint density at radius 2 is 1.96 bits per heavy atom. The molecule has 1 aliphatic rings. The molecule has 3 rings (SSSR count). The van der Waals surface area contributed by atoms with Crippen LogP contribution in [0, 0.1) is 5.82 Å². The van der Waals surface area contributed by atoms with E-state index in [0.29, 0.717) is 0 Å². The molecule has 0 bridgehead atoms. The summed E-state index contributed by atoms with van der Waals surface area (Å²) < 4.78 is 12.9. The first-order valence-corrected chi connectivity index (χ1v) is 8.65. The molecule has 23 heavy (non-hydrogen) atoms. The second kappa shape index (κ2) is 7.04. The van der Waals surface area contributed by atoms with Crippen LogP contribution in [0.3, 0.4) is 0 Å². The van der Waals surface area contributed by atoms with Crippen LogP contribution < -0.4 is 10.6 Å². The molecule has 120 valence electrons. The summed E-state index contributed by atoms with van der Waals surface area (Å²) in [6, 6.07) is 14.5. The Morgan fingerprint density at radius 3 is 2.70 bits per heavy atom. The molecular formula is C18H19FN2OS. The fraction of sp³-hybridized carbons (Fsp3) is 0.278. The number of anilines is 1. The predicted molar refractivity (Wildman–Crippen MR) is 92.3 cm³/mol. The van der Waals surface area contributed by atoms with Crippen molar-refractivity contribution in [2.24, 2.45) is 5.73 Å². The molecule has 5 heteroatoms. The lowest BCUT2D eigenvalue weighted by Crippen LogP contribution is -2.36. The lowest BCUT2D eigenvalue weighted by Gasteiger charge is -2.34. The lowest BCUT2D eigenvalue weighted by atomic mass is 9.89. The van der Waals surface area contributed by atoms with Gasteiger partial charge in [-0.05, 0) is 42.3 Å². The fourth-order valence-corrected chi connectivity index (χ4v) is 3.84.